The van der Waals surface area contributed by atoms with Crippen LogP contribution >= 0.6 is 0 Å². The van der Waals surface area contributed by atoms with Gasteiger partial charge in [-0.1, -0.05) is 19.1 Å². The molecule has 1 N–H and O–H groups in total. The minimum atomic E-state index is 0.152. The highest BCUT2D eigenvalue weighted by Gasteiger charge is 2.23. The molecule has 1 amide bonds. The maximum Gasteiger partial charge on any atom is 0.219 e. The summed E-state index contributed by atoms with van der Waals surface area (Å²) in [5.74, 6) is 0.945. The van der Waals surface area contributed by atoms with Crippen LogP contribution in [-0.4, -0.2) is 29.0 Å². The van der Waals surface area contributed by atoms with E-state index in [1.54, 1.807) is 6.92 Å². The van der Waals surface area contributed by atoms with Crippen molar-refractivity contribution in [2.24, 2.45) is 0 Å². The zero-order valence-corrected chi connectivity index (χ0v) is 11.1. The average Bonchev–Trinajstić information content (AvgIpc) is 2.38. The van der Waals surface area contributed by atoms with E-state index in [1.165, 1.54) is 0 Å². The van der Waals surface area contributed by atoms with Crippen molar-refractivity contribution in [2.75, 3.05) is 13.1 Å². The zero-order valence-electron chi connectivity index (χ0n) is 11.1. The maximum absolute atomic E-state index is 11.3. The molecular formula is C15H21NO2. The predicted molar refractivity (Wildman–Crippen MR) is 71.7 cm³/mol. The highest BCUT2D eigenvalue weighted by Crippen LogP contribution is 2.34. The Kier molecular flexibility index (Phi) is 3.90. The number of hydrogen-bond donors (Lipinski definition) is 1. The number of nitrogens with zero attached hydrogens (tertiary/aromatic N) is 1. The van der Waals surface area contributed by atoms with Gasteiger partial charge in [0.1, 0.15) is 5.75 Å². The quantitative estimate of drug-likeness (QED) is 0.873. The number of aromatic hydroxyl groups is 1. The average molecular weight is 247 g/mol. The largest absolute Gasteiger partial charge is 0.508 e. The van der Waals surface area contributed by atoms with Crippen LogP contribution in [0.5, 0.6) is 5.75 Å². The SMILES string of the molecule is CCc1ccc(C2CCN(C(C)=O)CC2)c(O)c1. The van der Waals surface area contributed by atoms with E-state index in [1.807, 2.05) is 17.0 Å². The molecule has 1 saturated heterocycles. The summed E-state index contributed by atoms with van der Waals surface area (Å²) in [7, 11) is 0. The molecule has 2 rings (SSSR count). The molecular weight excluding hydrogens is 226 g/mol. The number of rotatable bonds is 2. The number of phenols is 1. The van der Waals surface area contributed by atoms with Crippen LogP contribution in [0.3, 0.4) is 0 Å². The Bertz CT molecular complexity index is 434. The van der Waals surface area contributed by atoms with Crippen molar-refractivity contribution in [3.05, 3.63) is 29.3 Å². The van der Waals surface area contributed by atoms with Crippen LogP contribution in [0.4, 0.5) is 0 Å². The predicted octanol–water partition coefficient (Wildman–Crippen LogP) is 2.68. The lowest BCUT2D eigenvalue weighted by atomic mass is 9.88. The zero-order chi connectivity index (χ0) is 13.1. The van der Waals surface area contributed by atoms with E-state index in [0.29, 0.717) is 11.7 Å². The molecule has 0 radical (unpaired) electrons. The Morgan fingerprint density at radius 3 is 2.56 bits per heavy atom. The number of amides is 1. The minimum Gasteiger partial charge on any atom is -0.508 e. The van der Waals surface area contributed by atoms with Crippen molar-refractivity contribution in [3.63, 3.8) is 0 Å². The van der Waals surface area contributed by atoms with Gasteiger partial charge in [0.25, 0.3) is 0 Å². The second kappa shape index (κ2) is 5.42. The van der Waals surface area contributed by atoms with Crippen LogP contribution in [0.1, 0.15) is 43.7 Å². The molecule has 0 aliphatic carbocycles. The van der Waals surface area contributed by atoms with Crippen molar-refractivity contribution in [1.82, 2.24) is 4.90 Å². The van der Waals surface area contributed by atoms with Gasteiger partial charge in [-0.05, 0) is 42.4 Å². The van der Waals surface area contributed by atoms with Gasteiger partial charge in [0, 0.05) is 20.0 Å². The first-order chi connectivity index (χ1) is 8.61. The van der Waals surface area contributed by atoms with Gasteiger partial charge in [-0.15, -0.1) is 0 Å². The van der Waals surface area contributed by atoms with Crippen molar-refractivity contribution in [2.45, 2.75) is 39.0 Å². The second-order valence-electron chi connectivity index (χ2n) is 5.03. The first-order valence-electron chi connectivity index (χ1n) is 6.69. The van der Waals surface area contributed by atoms with Gasteiger partial charge < -0.3 is 10.0 Å². The highest BCUT2D eigenvalue weighted by atomic mass is 16.3. The number of likely N-dealkylation sites (tertiary alicyclic amines) is 1. The smallest absolute Gasteiger partial charge is 0.219 e. The van der Waals surface area contributed by atoms with E-state index in [0.717, 1.165) is 43.5 Å². The summed E-state index contributed by atoms with van der Waals surface area (Å²) in [5, 5.41) is 10.1. The molecule has 98 valence electrons. The molecule has 3 heteroatoms. The third-order valence-corrected chi connectivity index (χ3v) is 3.88. The van der Waals surface area contributed by atoms with Gasteiger partial charge >= 0.3 is 0 Å². The normalized spacial score (nSPS) is 16.9. The van der Waals surface area contributed by atoms with Gasteiger partial charge in [-0.2, -0.15) is 0 Å². The van der Waals surface area contributed by atoms with E-state index in [4.69, 9.17) is 0 Å². The van der Waals surface area contributed by atoms with E-state index >= 15 is 0 Å². The van der Waals surface area contributed by atoms with Crippen LogP contribution in [0.15, 0.2) is 18.2 Å². The third-order valence-electron chi connectivity index (χ3n) is 3.88. The number of aryl methyl sites for hydroxylation is 1. The molecule has 1 aromatic carbocycles. The first-order valence-corrected chi connectivity index (χ1v) is 6.69. The van der Waals surface area contributed by atoms with Crippen LogP contribution in [0, 0.1) is 0 Å². The van der Waals surface area contributed by atoms with Crippen LogP contribution < -0.4 is 0 Å². The van der Waals surface area contributed by atoms with E-state index < -0.39 is 0 Å². The van der Waals surface area contributed by atoms with Crippen LogP contribution in [0.25, 0.3) is 0 Å². The van der Waals surface area contributed by atoms with Gasteiger partial charge in [-0.25, -0.2) is 0 Å². The summed E-state index contributed by atoms with van der Waals surface area (Å²) in [6.45, 7) is 5.30. The van der Waals surface area contributed by atoms with Crippen molar-refractivity contribution in [1.29, 1.82) is 0 Å². The summed E-state index contributed by atoms with van der Waals surface area (Å²) in [6, 6.07) is 6.00. The second-order valence-corrected chi connectivity index (χ2v) is 5.03. The van der Waals surface area contributed by atoms with Crippen molar-refractivity contribution < 1.29 is 9.90 Å². The standard InChI is InChI=1S/C15H21NO2/c1-3-12-4-5-14(15(18)10-12)13-6-8-16(9-7-13)11(2)17/h4-5,10,13,18H,3,6-9H2,1-2H3. The lowest BCUT2D eigenvalue weighted by molar-refractivity contribution is -0.129. The first kappa shape index (κ1) is 12.9. The Morgan fingerprint density at radius 2 is 2.06 bits per heavy atom. The lowest BCUT2D eigenvalue weighted by Crippen LogP contribution is -2.36. The maximum atomic E-state index is 11.3. The van der Waals surface area contributed by atoms with E-state index in [-0.39, 0.29) is 5.91 Å². The Morgan fingerprint density at radius 1 is 1.39 bits per heavy atom. The molecule has 3 nitrogen and oxygen atoms in total. The van der Waals surface area contributed by atoms with Crippen molar-refractivity contribution in [3.8, 4) is 5.75 Å². The summed E-state index contributed by atoms with van der Waals surface area (Å²) < 4.78 is 0. The van der Waals surface area contributed by atoms with Crippen molar-refractivity contribution >= 4 is 5.91 Å². The number of phenolic OH excluding ortho intramolecular Hbond substituents is 1. The van der Waals surface area contributed by atoms with Crippen LogP contribution in [-0.2, 0) is 11.2 Å². The molecule has 1 heterocycles. The topological polar surface area (TPSA) is 40.5 Å². The summed E-state index contributed by atoms with van der Waals surface area (Å²) in [5.41, 5.74) is 2.20. The number of carbonyl (C=O) groups is 1. The summed E-state index contributed by atoms with van der Waals surface area (Å²) in [6.07, 6.45) is 2.83. The van der Waals surface area contributed by atoms with Gasteiger partial charge in [0.15, 0.2) is 0 Å². The Hall–Kier alpha value is -1.51. The molecule has 1 aliphatic rings. The number of hydrogen-bond acceptors (Lipinski definition) is 2. The number of piperidine rings is 1. The molecule has 18 heavy (non-hydrogen) atoms. The van der Waals surface area contributed by atoms with Gasteiger partial charge in [0.05, 0.1) is 0 Å². The third kappa shape index (κ3) is 2.66. The fourth-order valence-electron chi connectivity index (χ4n) is 2.66. The minimum absolute atomic E-state index is 0.152. The van der Waals surface area contributed by atoms with E-state index in [9.17, 15) is 9.90 Å². The number of carbonyl (C=O) groups excluding carboxylic acids is 1. The Labute approximate surface area is 108 Å². The molecule has 1 aliphatic heterocycles. The summed E-state index contributed by atoms with van der Waals surface area (Å²) in [4.78, 5) is 13.2. The van der Waals surface area contributed by atoms with Gasteiger partial charge in [-0.3, -0.25) is 4.79 Å². The van der Waals surface area contributed by atoms with Crippen LogP contribution in [0.2, 0.25) is 0 Å². The Balaban J connectivity index is 2.07. The lowest BCUT2D eigenvalue weighted by Gasteiger charge is -2.31. The number of benzene rings is 1. The molecule has 0 spiro atoms. The molecule has 0 aromatic heterocycles. The monoisotopic (exact) mass is 247 g/mol. The molecule has 0 unspecified atom stereocenters. The highest BCUT2D eigenvalue weighted by molar-refractivity contribution is 5.73. The molecule has 1 aromatic rings. The van der Waals surface area contributed by atoms with Gasteiger partial charge in [0.2, 0.25) is 5.91 Å². The molecule has 0 bridgehead atoms. The molecule has 0 saturated carbocycles. The molecule has 1 fully saturated rings. The fourth-order valence-corrected chi connectivity index (χ4v) is 2.66. The fraction of sp³-hybridized carbons (Fsp3) is 0.533. The summed E-state index contributed by atoms with van der Waals surface area (Å²) >= 11 is 0. The van der Waals surface area contributed by atoms with E-state index in [2.05, 4.69) is 13.0 Å². The molecule has 0 atom stereocenters.